The Hall–Kier alpha value is 0.0200. The van der Waals surface area contributed by atoms with Gasteiger partial charge in [-0.15, -0.1) is 9.05 Å². The maximum Gasteiger partial charge on any atom is 0.697 e. The average molecular weight is 165 g/mol. The lowest BCUT2D eigenvalue weighted by Crippen LogP contribution is -1.87. The molecule has 0 unspecified atom stereocenters. The van der Waals surface area contributed by atoms with Crippen LogP contribution in [0.5, 0.6) is 0 Å². The molecule has 60 valence electrons. The number of hydrogen-bond acceptors (Lipinski definition) is 3. The summed E-state index contributed by atoms with van der Waals surface area (Å²) in [6, 6.07) is 0. The lowest BCUT2D eigenvalue weighted by molar-refractivity contribution is 0.226. The van der Waals surface area contributed by atoms with Gasteiger partial charge in [-0.05, 0) is 12.8 Å². The summed E-state index contributed by atoms with van der Waals surface area (Å²) in [5.41, 5.74) is 0. The van der Waals surface area contributed by atoms with Crippen molar-refractivity contribution >= 4 is 8.25 Å². The SMILES string of the molecule is CCCO[P+](=O)OCCC. The Labute approximate surface area is 62.7 Å². The summed E-state index contributed by atoms with van der Waals surface area (Å²) >= 11 is 0. The van der Waals surface area contributed by atoms with Gasteiger partial charge in [-0.3, -0.25) is 0 Å². The molecule has 0 heterocycles. The highest BCUT2D eigenvalue weighted by Crippen LogP contribution is 2.23. The summed E-state index contributed by atoms with van der Waals surface area (Å²) < 4.78 is 20.2. The normalized spacial score (nSPS) is 9.80. The Morgan fingerprint density at radius 1 is 1.10 bits per heavy atom. The molecule has 0 saturated carbocycles. The van der Waals surface area contributed by atoms with Gasteiger partial charge in [0.1, 0.15) is 13.2 Å². The Bertz CT molecular complexity index is 85.0. The van der Waals surface area contributed by atoms with Gasteiger partial charge in [0.2, 0.25) is 0 Å². The molecule has 0 aliphatic heterocycles. The van der Waals surface area contributed by atoms with Crippen LogP contribution in [0.3, 0.4) is 0 Å². The van der Waals surface area contributed by atoms with E-state index in [0.717, 1.165) is 12.8 Å². The van der Waals surface area contributed by atoms with E-state index in [1.165, 1.54) is 0 Å². The van der Waals surface area contributed by atoms with Gasteiger partial charge >= 0.3 is 8.25 Å². The summed E-state index contributed by atoms with van der Waals surface area (Å²) in [6.07, 6.45) is 1.74. The van der Waals surface area contributed by atoms with Gasteiger partial charge in [0, 0.05) is 4.57 Å². The minimum atomic E-state index is -1.84. The Balaban J connectivity index is 3.09. The van der Waals surface area contributed by atoms with Gasteiger partial charge in [0.05, 0.1) is 0 Å². The molecular weight excluding hydrogens is 151 g/mol. The van der Waals surface area contributed by atoms with Crippen LogP contribution in [0.2, 0.25) is 0 Å². The largest absolute Gasteiger partial charge is 0.697 e. The van der Waals surface area contributed by atoms with Crippen molar-refractivity contribution in [3.63, 3.8) is 0 Å². The summed E-state index contributed by atoms with van der Waals surface area (Å²) in [4.78, 5) is 0. The third-order valence-corrected chi connectivity index (χ3v) is 1.59. The Kier molecular flexibility index (Phi) is 7.15. The predicted octanol–water partition coefficient (Wildman–Crippen LogP) is 2.50. The van der Waals surface area contributed by atoms with E-state index in [4.69, 9.17) is 9.05 Å². The second-order valence-corrected chi connectivity index (χ2v) is 2.85. The van der Waals surface area contributed by atoms with Crippen LogP contribution >= 0.6 is 8.25 Å². The highest BCUT2D eigenvalue weighted by molar-refractivity contribution is 7.33. The van der Waals surface area contributed by atoms with Gasteiger partial charge in [0.25, 0.3) is 0 Å². The van der Waals surface area contributed by atoms with Crippen LogP contribution < -0.4 is 0 Å². The molecule has 3 nitrogen and oxygen atoms in total. The number of hydrogen-bond donors (Lipinski definition) is 0. The van der Waals surface area contributed by atoms with Crippen LogP contribution in [0.1, 0.15) is 26.7 Å². The fraction of sp³-hybridized carbons (Fsp3) is 1.00. The third kappa shape index (κ3) is 6.14. The van der Waals surface area contributed by atoms with E-state index >= 15 is 0 Å². The summed E-state index contributed by atoms with van der Waals surface area (Å²) in [5.74, 6) is 0. The molecule has 10 heavy (non-hydrogen) atoms. The molecule has 0 aromatic heterocycles. The molecule has 0 fully saturated rings. The zero-order valence-electron chi connectivity index (χ0n) is 6.50. The van der Waals surface area contributed by atoms with Crippen molar-refractivity contribution in [2.24, 2.45) is 0 Å². The van der Waals surface area contributed by atoms with E-state index in [1.54, 1.807) is 0 Å². The molecule has 0 radical (unpaired) electrons. The minimum absolute atomic E-state index is 0.513. The van der Waals surface area contributed by atoms with Crippen molar-refractivity contribution in [1.82, 2.24) is 0 Å². The lowest BCUT2D eigenvalue weighted by atomic mass is 10.5. The fourth-order valence-electron chi connectivity index (χ4n) is 0.369. The van der Waals surface area contributed by atoms with Gasteiger partial charge in [0.15, 0.2) is 0 Å². The molecule has 0 aliphatic carbocycles. The lowest BCUT2D eigenvalue weighted by Gasteiger charge is -1.85. The molecular formula is C6H14O3P+. The predicted molar refractivity (Wildman–Crippen MR) is 40.1 cm³/mol. The van der Waals surface area contributed by atoms with Crippen LogP contribution in [-0.4, -0.2) is 13.2 Å². The molecule has 4 heteroatoms. The van der Waals surface area contributed by atoms with Crippen molar-refractivity contribution < 1.29 is 13.6 Å². The Morgan fingerprint density at radius 2 is 1.50 bits per heavy atom. The fourth-order valence-corrected chi connectivity index (χ4v) is 1.11. The molecule has 0 aliphatic rings. The van der Waals surface area contributed by atoms with E-state index in [0.29, 0.717) is 13.2 Å². The molecule has 0 aromatic carbocycles. The Morgan fingerprint density at radius 3 is 1.80 bits per heavy atom. The van der Waals surface area contributed by atoms with Crippen molar-refractivity contribution in [2.75, 3.05) is 13.2 Å². The van der Waals surface area contributed by atoms with E-state index in [2.05, 4.69) is 0 Å². The molecule has 0 N–H and O–H groups in total. The average Bonchev–Trinajstić information content (AvgIpc) is 1.97. The van der Waals surface area contributed by atoms with Crippen molar-refractivity contribution in [3.05, 3.63) is 0 Å². The van der Waals surface area contributed by atoms with Crippen LogP contribution in [0.25, 0.3) is 0 Å². The molecule has 0 atom stereocenters. The van der Waals surface area contributed by atoms with Gasteiger partial charge in [-0.2, -0.15) is 0 Å². The molecule has 0 rings (SSSR count). The van der Waals surface area contributed by atoms with E-state index in [9.17, 15) is 4.57 Å². The molecule has 0 bridgehead atoms. The van der Waals surface area contributed by atoms with Gasteiger partial charge in [-0.1, -0.05) is 13.8 Å². The standard InChI is InChI=1S/C6H14O3P/c1-3-5-8-10(7)9-6-4-2/h3-6H2,1-2H3/q+1. The second kappa shape index (κ2) is 7.13. The number of rotatable bonds is 6. The molecule has 0 spiro atoms. The van der Waals surface area contributed by atoms with Gasteiger partial charge in [-0.25, -0.2) is 0 Å². The first kappa shape index (κ1) is 10.0. The zero-order chi connectivity index (χ0) is 7.82. The molecule has 0 saturated heterocycles. The first-order valence-corrected chi connectivity index (χ1v) is 4.63. The van der Waals surface area contributed by atoms with E-state index < -0.39 is 8.25 Å². The van der Waals surface area contributed by atoms with Crippen LogP contribution in [0.4, 0.5) is 0 Å². The van der Waals surface area contributed by atoms with Crippen LogP contribution in [0.15, 0.2) is 0 Å². The summed E-state index contributed by atoms with van der Waals surface area (Å²) in [5, 5.41) is 0. The highest BCUT2D eigenvalue weighted by Gasteiger charge is 2.17. The smallest absolute Gasteiger partial charge is 0.119 e. The second-order valence-electron chi connectivity index (χ2n) is 1.89. The van der Waals surface area contributed by atoms with Crippen LogP contribution in [0, 0.1) is 0 Å². The van der Waals surface area contributed by atoms with Crippen molar-refractivity contribution in [2.45, 2.75) is 26.7 Å². The zero-order valence-corrected chi connectivity index (χ0v) is 7.39. The summed E-state index contributed by atoms with van der Waals surface area (Å²) in [6.45, 7) is 4.95. The first-order valence-electron chi connectivity index (χ1n) is 3.54. The minimum Gasteiger partial charge on any atom is -0.119 e. The van der Waals surface area contributed by atoms with E-state index in [1.807, 2.05) is 13.8 Å². The topological polar surface area (TPSA) is 35.5 Å². The van der Waals surface area contributed by atoms with Crippen LogP contribution in [-0.2, 0) is 13.6 Å². The van der Waals surface area contributed by atoms with E-state index in [-0.39, 0.29) is 0 Å². The van der Waals surface area contributed by atoms with Crippen molar-refractivity contribution in [3.8, 4) is 0 Å². The highest BCUT2D eigenvalue weighted by atomic mass is 31.1. The van der Waals surface area contributed by atoms with Gasteiger partial charge < -0.3 is 0 Å². The monoisotopic (exact) mass is 165 g/mol. The van der Waals surface area contributed by atoms with Crippen molar-refractivity contribution in [1.29, 1.82) is 0 Å². The molecule has 0 aromatic rings. The maximum absolute atomic E-state index is 10.7. The molecule has 0 amide bonds. The third-order valence-electron chi connectivity index (χ3n) is 0.802. The summed E-state index contributed by atoms with van der Waals surface area (Å²) in [7, 11) is -1.84. The first-order chi connectivity index (χ1) is 4.81. The maximum atomic E-state index is 10.7. The quantitative estimate of drug-likeness (QED) is 0.567.